The number of benzene rings is 3. The molecule has 0 fully saturated rings. The van der Waals surface area contributed by atoms with Crippen molar-refractivity contribution >= 4 is 35.2 Å². The van der Waals surface area contributed by atoms with E-state index in [1.807, 2.05) is 54.6 Å². The van der Waals surface area contributed by atoms with E-state index in [9.17, 15) is 14.0 Å². The van der Waals surface area contributed by atoms with Crippen molar-refractivity contribution in [2.45, 2.75) is 44.5 Å². The summed E-state index contributed by atoms with van der Waals surface area (Å²) in [6.07, 6.45) is 2.21. The van der Waals surface area contributed by atoms with E-state index in [-0.39, 0.29) is 29.9 Å². The van der Waals surface area contributed by atoms with Gasteiger partial charge in [0.1, 0.15) is 11.9 Å². The molecule has 4 nitrogen and oxygen atoms in total. The first-order chi connectivity index (χ1) is 17.5. The number of carbonyl (C=O) groups is 2. The summed E-state index contributed by atoms with van der Waals surface area (Å²) in [6, 6.07) is 22.6. The van der Waals surface area contributed by atoms with Crippen LogP contribution in [0.3, 0.4) is 0 Å². The van der Waals surface area contributed by atoms with Gasteiger partial charge in [0, 0.05) is 30.3 Å². The molecule has 7 heteroatoms. The number of hydrogen-bond donors (Lipinski definition) is 1. The number of rotatable bonds is 13. The molecule has 36 heavy (non-hydrogen) atoms. The fourth-order valence-electron chi connectivity index (χ4n) is 3.79. The average Bonchev–Trinajstić information content (AvgIpc) is 2.89. The number of hydrogen-bond acceptors (Lipinski definition) is 3. The number of nitrogens with zero attached hydrogens (tertiary/aromatic N) is 1. The second kappa shape index (κ2) is 14.7. The van der Waals surface area contributed by atoms with E-state index >= 15 is 0 Å². The molecule has 0 aliphatic carbocycles. The second-order valence-electron chi connectivity index (χ2n) is 8.58. The smallest absolute Gasteiger partial charge is 0.243 e. The molecule has 0 radical (unpaired) electrons. The van der Waals surface area contributed by atoms with Gasteiger partial charge in [0.15, 0.2) is 0 Å². The van der Waals surface area contributed by atoms with Gasteiger partial charge in [-0.05, 0) is 41.3 Å². The summed E-state index contributed by atoms with van der Waals surface area (Å²) < 4.78 is 13.5. The Hall–Kier alpha value is -2.83. The lowest BCUT2D eigenvalue weighted by Gasteiger charge is -2.31. The Labute approximate surface area is 222 Å². The van der Waals surface area contributed by atoms with E-state index in [0.29, 0.717) is 23.7 Å². The first kappa shape index (κ1) is 27.8. The Bertz CT molecular complexity index is 1110. The first-order valence-corrected chi connectivity index (χ1v) is 13.7. The third-order valence-electron chi connectivity index (χ3n) is 5.81. The van der Waals surface area contributed by atoms with Crippen LogP contribution in [0.15, 0.2) is 78.9 Å². The molecular weight excluding hydrogens is 495 g/mol. The second-order valence-corrected chi connectivity index (χ2v) is 9.98. The van der Waals surface area contributed by atoms with Gasteiger partial charge in [0.2, 0.25) is 11.8 Å². The molecule has 3 aromatic rings. The van der Waals surface area contributed by atoms with Crippen molar-refractivity contribution in [2.75, 3.05) is 12.3 Å². The monoisotopic (exact) mass is 526 g/mol. The molecule has 2 amide bonds. The maximum Gasteiger partial charge on any atom is 0.243 e. The highest BCUT2D eigenvalue weighted by Gasteiger charge is 2.30. The number of nitrogens with one attached hydrogen (secondary N) is 1. The fourth-order valence-corrected chi connectivity index (χ4v) is 4.99. The predicted octanol–water partition coefficient (Wildman–Crippen LogP) is 6.27. The van der Waals surface area contributed by atoms with E-state index in [2.05, 4.69) is 12.2 Å². The predicted molar refractivity (Wildman–Crippen MR) is 146 cm³/mol. The van der Waals surface area contributed by atoms with Crippen molar-refractivity contribution in [3.63, 3.8) is 0 Å². The minimum absolute atomic E-state index is 0.150. The van der Waals surface area contributed by atoms with Crippen LogP contribution in [0, 0.1) is 5.82 Å². The van der Waals surface area contributed by atoms with Gasteiger partial charge in [-0.1, -0.05) is 85.6 Å². The third-order valence-corrected chi connectivity index (χ3v) is 7.14. The van der Waals surface area contributed by atoms with Crippen LogP contribution < -0.4 is 5.32 Å². The maximum absolute atomic E-state index is 13.6. The summed E-state index contributed by atoms with van der Waals surface area (Å²) in [5.41, 5.74) is 2.69. The molecule has 0 spiro atoms. The Balaban J connectivity index is 1.83. The van der Waals surface area contributed by atoms with E-state index < -0.39 is 6.04 Å². The van der Waals surface area contributed by atoms with Gasteiger partial charge in [-0.15, -0.1) is 11.8 Å². The highest BCUT2D eigenvalue weighted by atomic mass is 35.5. The zero-order chi connectivity index (χ0) is 25.8. The lowest BCUT2D eigenvalue weighted by molar-refractivity contribution is -0.139. The third kappa shape index (κ3) is 8.68. The normalized spacial score (nSPS) is 11.6. The highest BCUT2D eigenvalue weighted by molar-refractivity contribution is 7.99. The van der Waals surface area contributed by atoms with Crippen LogP contribution in [0.2, 0.25) is 5.02 Å². The molecular formula is C29H32ClFN2O2S. The number of unbranched alkanes of at least 4 members (excludes halogenated alkanes) is 1. The zero-order valence-electron chi connectivity index (χ0n) is 20.5. The fraction of sp³-hybridized carbons (Fsp3) is 0.310. The van der Waals surface area contributed by atoms with Crippen molar-refractivity contribution in [1.82, 2.24) is 10.2 Å². The van der Waals surface area contributed by atoms with Gasteiger partial charge >= 0.3 is 0 Å². The van der Waals surface area contributed by atoms with Gasteiger partial charge in [0.05, 0.1) is 5.75 Å². The Morgan fingerprint density at radius 3 is 2.36 bits per heavy atom. The Morgan fingerprint density at radius 1 is 0.972 bits per heavy atom. The van der Waals surface area contributed by atoms with Gasteiger partial charge in [-0.2, -0.15) is 0 Å². The summed E-state index contributed by atoms with van der Waals surface area (Å²) in [6.45, 7) is 2.83. The van der Waals surface area contributed by atoms with Crippen molar-refractivity contribution < 1.29 is 14.0 Å². The molecule has 0 bridgehead atoms. The molecule has 0 aliphatic heterocycles. The maximum atomic E-state index is 13.6. The molecule has 1 atom stereocenters. The average molecular weight is 527 g/mol. The molecule has 0 aromatic heterocycles. The molecule has 0 unspecified atom stereocenters. The van der Waals surface area contributed by atoms with Crippen molar-refractivity contribution in [3.05, 3.63) is 106 Å². The minimum Gasteiger partial charge on any atom is -0.354 e. The molecule has 0 saturated heterocycles. The summed E-state index contributed by atoms with van der Waals surface area (Å²) >= 11 is 7.73. The molecule has 3 rings (SSSR count). The quantitative estimate of drug-likeness (QED) is 0.267. The Morgan fingerprint density at radius 2 is 1.67 bits per heavy atom. The molecule has 190 valence electrons. The van der Waals surface area contributed by atoms with Gasteiger partial charge in [0.25, 0.3) is 0 Å². The summed E-state index contributed by atoms with van der Waals surface area (Å²) in [5, 5.41) is 3.67. The first-order valence-electron chi connectivity index (χ1n) is 12.1. The van der Waals surface area contributed by atoms with Crippen molar-refractivity contribution in [3.8, 4) is 0 Å². The minimum atomic E-state index is -0.692. The Kier molecular flexibility index (Phi) is 11.3. The number of carbonyl (C=O) groups excluding carboxylic acids is 2. The zero-order valence-corrected chi connectivity index (χ0v) is 22.0. The molecule has 0 aliphatic rings. The number of thioether (sulfide) groups is 1. The topological polar surface area (TPSA) is 49.4 Å². The van der Waals surface area contributed by atoms with E-state index in [1.54, 1.807) is 17.0 Å². The van der Waals surface area contributed by atoms with E-state index in [4.69, 9.17) is 11.6 Å². The van der Waals surface area contributed by atoms with Gasteiger partial charge < -0.3 is 10.2 Å². The van der Waals surface area contributed by atoms with Crippen LogP contribution in [0.4, 0.5) is 4.39 Å². The summed E-state index contributed by atoms with van der Waals surface area (Å²) in [4.78, 5) is 28.6. The highest BCUT2D eigenvalue weighted by Crippen LogP contribution is 2.22. The largest absolute Gasteiger partial charge is 0.354 e. The van der Waals surface area contributed by atoms with Crippen LogP contribution in [-0.4, -0.2) is 35.1 Å². The summed E-state index contributed by atoms with van der Waals surface area (Å²) in [7, 11) is 0. The van der Waals surface area contributed by atoms with Crippen LogP contribution in [0.5, 0.6) is 0 Å². The lowest BCUT2D eigenvalue weighted by atomic mass is 10.0. The van der Waals surface area contributed by atoms with Crippen LogP contribution >= 0.6 is 23.4 Å². The SMILES string of the molecule is CCCCNC(=O)[C@@H](Cc1ccccc1)N(Cc1ccc(F)cc1)C(=O)CSCc1ccccc1Cl. The summed E-state index contributed by atoms with van der Waals surface area (Å²) in [5.74, 6) is 0.105. The van der Waals surface area contributed by atoms with Crippen molar-refractivity contribution in [1.29, 1.82) is 0 Å². The number of halogens is 2. The molecule has 1 N–H and O–H groups in total. The molecule has 0 saturated carbocycles. The van der Waals surface area contributed by atoms with E-state index in [1.165, 1.54) is 23.9 Å². The van der Waals surface area contributed by atoms with Crippen LogP contribution in [-0.2, 0) is 28.3 Å². The van der Waals surface area contributed by atoms with Crippen LogP contribution in [0.25, 0.3) is 0 Å². The van der Waals surface area contributed by atoms with Crippen molar-refractivity contribution in [2.24, 2.45) is 0 Å². The van der Waals surface area contributed by atoms with Crippen LogP contribution in [0.1, 0.15) is 36.5 Å². The number of amides is 2. The lowest BCUT2D eigenvalue weighted by Crippen LogP contribution is -2.51. The standard InChI is InChI=1S/C29H32ClFN2O2S/c1-2-3-17-32-29(35)27(18-22-9-5-4-6-10-22)33(19-23-13-15-25(31)16-14-23)28(34)21-36-20-24-11-7-8-12-26(24)30/h4-16,27H,2-3,17-21H2,1H3,(H,32,35)/t27-/m1/s1. The molecule has 3 aromatic carbocycles. The molecule has 0 heterocycles. The van der Waals surface area contributed by atoms with Gasteiger partial charge in [-0.3, -0.25) is 9.59 Å². The van der Waals surface area contributed by atoms with E-state index in [0.717, 1.165) is 29.5 Å². The van der Waals surface area contributed by atoms with Gasteiger partial charge in [-0.25, -0.2) is 4.39 Å².